The Morgan fingerprint density at radius 3 is 2.52 bits per heavy atom. The molecule has 2 N–H and O–H groups in total. The van der Waals surface area contributed by atoms with Crippen molar-refractivity contribution in [3.05, 3.63) is 18.0 Å². The molecule has 0 spiro atoms. The van der Waals surface area contributed by atoms with Gasteiger partial charge in [-0.1, -0.05) is 25.7 Å². The van der Waals surface area contributed by atoms with Crippen LogP contribution in [0.2, 0.25) is 0 Å². The Morgan fingerprint density at radius 2 is 1.90 bits per heavy atom. The van der Waals surface area contributed by atoms with Gasteiger partial charge >= 0.3 is 0 Å². The number of pyridine rings is 1. The van der Waals surface area contributed by atoms with Crippen molar-refractivity contribution in [2.45, 2.75) is 50.7 Å². The molecule has 1 saturated carbocycles. The molecule has 1 aromatic heterocycles. The molecule has 1 aliphatic rings. The summed E-state index contributed by atoms with van der Waals surface area (Å²) < 4.78 is 10.6. The maximum Gasteiger partial charge on any atom is 0.183 e. The molecule has 1 aromatic rings. The van der Waals surface area contributed by atoms with Crippen LogP contribution in [0.15, 0.2) is 12.3 Å². The van der Waals surface area contributed by atoms with Crippen molar-refractivity contribution in [3.63, 3.8) is 0 Å². The van der Waals surface area contributed by atoms with Crippen molar-refractivity contribution in [1.82, 2.24) is 10.3 Å². The molecule has 5 nitrogen and oxygen atoms in total. The molecule has 0 aliphatic heterocycles. The Hall–Kier alpha value is -1.33. The summed E-state index contributed by atoms with van der Waals surface area (Å²) in [4.78, 5) is 4.33. The lowest BCUT2D eigenvalue weighted by molar-refractivity contribution is 0.0249. The van der Waals surface area contributed by atoms with Gasteiger partial charge < -0.3 is 19.9 Å². The van der Waals surface area contributed by atoms with Gasteiger partial charge in [0, 0.05) is 25.4 Å². The molecule has 0 amide bonds. The Labute approximate surface area is 126 Å². The number of hydrogen-bond donors (Lipinski definition) is 2. The first kappa shape index (κ1) is 16.0. The van der Waals surface area contributed by atoms with Gasteiger partial charge in [-0.05, 0) is 12.8 Å². The van der Waals surface area contributed by atoms with E-state index >= 15 is 0 Å². The molecular formula is C16H26N2O3. The Balaban J connectivity index is 1.93. The highest BCUT2D eigenvalue weighted by Gasteiger charge is 2.27. The van der Waals surface area contributed by atoms with E-state index in [-0.39, 0.29) is 0 Å². The molecule has 0 radical (unpaired) electrons. The van der Waals surface area contributed by atoms with Gasteiger partial charge in [0.1, 0.15) is 0 Å². The maximum absolute atomic E-state index is 10.6. The van der Waals surface area contributed by atoms with Crippen LogP contribution < -0.4 is 14.8 Å². The van der Waals surface area contributed by atoms with Gasteiger partial charge in [0.15, 0.2) is 11.5 Å². The zero-order chi connectivity index (χ0) is 15.1. The van der Waals surface area contributed by atoms with E-state index in [2.05, 4.69) is 10.3 Å². The number of methoxy groups -OCH3 is 2. The third-order valence-electron chi connectivity index (χ3n) is 4.15. The summed E-state index contributed by atoms with van der Waals surface area (Å²) >= 11 is 0. The summed E-state index contributed by atoms with van der Waals surface area (Å²) in [5.41, 5.74) is 0.219. The van der Waals surface area contributed by atoms with Crippen molar-refractivity contribution in [2.75, 3.05) is 20.8 Å². The molecule has 0 unspecified atom stereocenters. The van der Waals surface area contributed by atoms with Gasteiger partial charge in [-0.25, -0.2) is 0 Å². The van der Waals surface area contributed by atoms with Gasteiger partial charge in [-0.2, -0.15) is 0 Å². The lowest BCUT2D eigenvalue weighted by atomic mass is 9.94. The minimum absolute atomic E-state index is 0.558. The first-order valence-corrected chi connectivity index (χ1v) is 7.67. The van der Waals surface area contributed by atoms with E-state index in [1.54, 1.807) is 26.5 Å². The van der Waals surface area contributed by atoms with Crippen molar-refractivity contribution in [1.29, 1.82) is 0 Å². The molecular weight excluding hydrogens is 268 g/mol. The van der Waals surface area contributed by atoms with Crippen LogP contribution >= 0.6 is 0 Å². The SMILES string of the molecule is COc1ccnc(CNCC2(O)CCCCCC2)c1OC. The second-order valence-electron chi connectivity index (χ2n) is 5.74. The predicted octanol–water partition coefficient (Wildman–Crippen LogP) is 2.27. The maximum atomic E-state index is 10.6. The third-order valence-corrected chi connectivity index (χ3v) is 4.15. The second-order valence-corrected chi connectivity index (χ2v) is 5.74. The molecule has 1 aliphatic carbocycles. The van der Waals surface area contributed by atoms with Crippen LogP contribution in [0, 0.1) is 0 Å². The lowest BCUT2D eigenvalue weighted by Crippen LogP contribution is -2.40. The minimum atomic E-state index is -0.581. The number of ether oxygens (including phenoxy) is 2. The topological polar surface area (TPSA) is 63.6 Å². The van der Waals surface area contributed by atoms with E-state index in [1.165, 1.54) is 12.8 Å². The van der Waals surface area contributed by atoms with Crippen LogP contribution in [0.3, 0.4) is 0 Å². The normalized spacial score (nSPS) is 18.0. The summed E-state index contributed by atoms with van der Waals surface area (Å²) in [5, 5.41) is 13.9. The zero-order valence-corrected chi connectivity index (χ0v) is 13.0. The van der Waals surface area contributed by atoms with Gasteiger partial charge in [0.05, 0.1) is 25.5 Å². The average Bonchev–Trinajstić information content (AvgIpc) is 2.72. The first-order valence-electron chi connectivity index (χ1n) is 7.67. The highest BCUT2D eigenvalue weighted by molar-refractivity contribution is 5.42. The summed E-state index contributed by atoms with van der Waals surface area (Å²) in [6, 6.07) is 1.78. The highest BCUT2D eigenvalue weighted by atomic mass is 16.5. The summed E-state index contributed by atoms with van der Waals surface area (Å²) in [6.45, 7) is 1.15. The van der Waals surface area contributed by atoms with Crippen LogP contribution in [0.1, 0.15) is 44.2 Å². The minimum Gasteiger partial charge on any atom is -0.493 e. The smallest absolute Gasteiger partial charge is 0.183 e. The van der Waals surface area contributed by atoms with E-state index in [9.17, 15) is 5.11 Å². The largest absolute Gasteiger partial charge is 0.493 e. The van der Waals surface area contributed by atoms with Crippen LogP contribution in [-0.2, 0) is 6.54 Å². The standard InChI is InChI=1S/C16H26N2O3/c1-20-14-7-10-18-13(15(14)21-2)11-17-12-16(19)8-5-3-4-6-9-16/h7,10,17,19H,3-6,8-9,11-12H2,1-2H3. The lowest BCUT2D eigenvalue weighted by Gasteiger charge is -2.27. The molecule has 1 heterocycles. The molecule has 0 bridgehead atoms. The molecule has 5 heteroatoms. The monoisotopic (exact) mass is 294 g/mol. The zero-order valence-electron chi connectivity index (χ0n) is 13.0. The number of hydrogen-bond acceptors (Lipinski definition) is 5. The van der Waals surface area contributed by atoms with Crippen molar-refractivity contribution < 1.29 is 14.6 Å². The Bertz CT molecular complexity index is 443. The van der Waals surface area contributed by atoms with E-state index in [0.717, 1.165) is 31.4 Å². The quantitative estimate of drug-likeness (QED) is 0.788. The van der Waals surface area contributed by atoms with Crippen LogP contribution in [0.4, 0.5) is 0 Å². The molecule has 2 rings (SSSR count). The van der Waals surface area contributed by atoms with Crippen LogP contribution in [0.5, 0.6) is 11.5 Å². The number of nitrogens with zero attached hydrogens (tertiary/aromatic N) is 1. The fraction of sp³-hybridized carbons (Fsp3) is 0.688. The van der Waals surface area contributed by atoms with Crippen molar-refractivity contribution in [3.8, 4) is 11.5 Å². The predicted molar refractivity (Wildman–Crippen MR) is 81.7 cm³/mol. The van der Waals surface area contributed by atoms with E-state index < -0.39 is 5.60 Å². The van der Waals surface area contributed by atoms with Gasteiger partial charge in [-0.3, -0.25) is 4.98 Å². The fourth-order valence-electron chi connectivity index (χ4n) is 2.95. The number of aromatic nitrogens is 1. The highest BCUT2D eigenvalue weighted by Crippen LogP contribution is 2.29. The van der Waals surface area contributed by atoms with Gasteiger partial charge in [-0.15, -0.1) is 0 Å². The van der Waals surface area contributed by atoms with Gasteiger partial charge in [0.2, 0.25) is 0 Å². The number of nitrogens with one attached hydrogen (secondary N) is 1. The first-order chi connectivity index (χ1) is 10.2. The second kappa shape index (κ2) is 7.61. The van der Waals surface area contributed by atoms with E-state index in [1.807, 2.05) is 0 Å². The van der Waals surface area contributed by atoms with Crippen LogP contribution in [0.25, 0.3) is 0 Å². The van der Waals surface area contributed by atoms with Crippen molar-refractivity contribution in [2.24, 2.45) is 0 Å². The Kier molecular flexibility index (Phi) is 5.82. The van der Waals surface area contributed by atoms with E-state index in [4.69, 9.17) is 9.47 Å². The molecule has 21 heavy (non-hydrogen) atoms. The van der Waals surface area contributed by atoms with E-state index in [0.29, 0.717) is 24.6 Å². The average molecular weight is 294 g/mol. The molecule has 1 fully saturated rings. The fourth-order valence-corrected chi connectivity index (χ4v) is 2.95. The summed E-state index contributed by atoms with van der Waals surface area (Å²) in [7, 11) is 3.23. The number of rotatable bonds is 6. The van der Waals surface area contributed by atoms with Crippen LogP contribution in [-0.4, -0.2) is 36.5 Å². The summed E-state index contributed by atoms with van der Waals surface area (Å²) in [6.07, 6.45) is 8.14. The third kappa shape index (κ3) is 4.32. The van der Waals surface area contributed by atoms with Crippen molar-refractivity contribution >= 4 is 0 Å². The van der Waals surface area contributed by atoms with Gasteiger partial charge in [0.25, 0.3) is 0 Å². The molecule has 118 valence electrons. The number of aliphatic hydroxyl groups is 1. The molecule has 0 saturated heterocycles. The molecule has 0 aromatic carbocycles. The Morgan fingerprint density at radius 1 is 1.19 bits per heavy atom. The molecule has 0 atom stereocenters. The summed E-state index contributed by atoms with van der Waals surface area (Å²) in [5.74, 6) is 1.33.